The lowest BCUT2D eigenvalue weighted by Crippen LogP contribution is -2.19. The standard InChI is InChI=1S/C16H16N2O3.C8H9NO2.C8H7NO/c1-11-4-2-3-5-14(11)18-16(21)17-13-8-6-12(7-9-13)10-15(19)20;9-7-3-1-6(2-4-7)5-8(10)11;1-7-4-2-3-5-8(7)9-6-10/h2-9H,10H2,1H3,(H,19,20)(H2,17,18,21);1-4H,5,9H2,(H,10,11);2-5H,1H3. The number of rotatable bonds is 7. The first-order valence-corrected chi connectivity index (χ1v) is 12.7. The Hall–Kier alpha value is -5.73. The van der Waals surface area contributed by atoms with Crippen LogP contribution in [-0.4, -0.2) is 34.3 Å². The number of carboxylic acids is 2. The maximum atomic E-state index is 11.9. The summed E-state index contributed by atoms with van der Waals surface area (Å²) in [6.45, 7) is 3.81. The Morgan fingerprint density at radius 2 is 1.21 bits per heavy atom. The second-order valence-corrected chi connectivity index (χ2v) is 8.96. The lowest BCUT2D eigenvalue weighted by atomic mass is 10.1. The Kier molecular flexibility index (Phi) is 13.2. The van der Waals surface area contributed by atoms with Gasteiger partial charge in [-0.25, -0.2) is 9.59 Å². The quantitative estimate of drug-likeness (QED) is 0.101. The molecule has 0 fully saturated rings. The summed E-state index contributed by atoms with van der Waals surface area (Å²) in [6, 6.07) is 28.1. The fraction of sp³-hybridized carbons (Fsp3) is 0.125. The Bertz CT molecular complexity index is 1530. The van der Waals surface area contributed by atoms with Crippen LogP contribution in [0, 0.1) is 13.8 Å². The molecule has 10 heteroatoms. The largest absolute Gasteiger partial charge is 0.481 e. The molecule has 4 rings (SSSR count). The number of nitrogens with one attached hydrogen (secondary N) is 2. The van der Waals surface area contributed by atoms with Crippen LogP contribution in [-0.2, 0) is 27.2 Å². The van der Waals surface area contributed by atoms with E-state index in [0.717, 1.165) is 22.4 Å². The van der Waals surface area contributed by atoms with E-state index in [1.165, 1.54) is 6.08 Å². The first-order valence-electron chi connectivity index (χ1n) is 12.7. The van der Waals surface area contributed by atoms with Gasteiger partial charge in [0, 0.05) is 17.1 Å². The fourth-order valence-corrected chi connectivity index (χ4v) is 3.43. The van der Waals surface area contributed by atoms with Crippen LogP contribution in [0.25, 0.3) is 0 Å². The zero-order valence-corrected chi connectivity index (χ0v) is 23.2. The summed E-state index contributed by atoms with van der Waals surface area (Å²) in [7, 11) is 0. The number of hydrogen-bond donors (Lipinski definition) is 5. The first kappa shape index (κ1) is 32.5. The lowest BCUT2D eigenvalue weighted by Gasteiger charge is -2.10. The van der Waals surface area contributed by atoms with Gasteiger partial charge in [0.05, 0.1) is 18.5 Å². The van der Waals surface area contributed by atoms with E-state index in [9.17, 15) is 19.2 Å². The van der Waals surface area contributed by atoms with Crippen LogP contribution in [0.15, 0.2) is 102 Å². The molecule has 4 aromatic rings. The molecule has 0 heterocycles. The van der Waals surface area contributed by atoms with Crippen molar-refractivity contribution in [1.29, 1.82) is 0 Å². The maximum absolute atomic E-state index is 11.9. The number of isocyanates is 1. The van der Waals surface area contributed by atoms with Gasteiger partial charge in [0.2, 0.25) is 6.08 Å². The number of nitrogens with zero attached hydrogens (tertiary/aromatic N) is 1. The van der Waals surface area contributed by atoms with Crippen molar-refractivity contribution in [3.05, 3.63) is 119 Å². The molecule has 0 aliphatic carbocycles. The predicted molar refractivity (Wildman–Crippen MR) is 163 cm³/mol. The first-order chi connectivity index (χ1) is 20.1. The molecule has 0 aromatic heterocycles. The topological polar surface area (TPSA) is 171 Å². The summed E-state index contributed by atoms with van der Waals surface area (Å²) >= 11 is 0. The third-order valence-corrected chi connectivity index (χ3v) is 5.58. The minimum absolute atomic E-state index is 0.0321. The molecule has 0 saturated carbocycles. The number of aliphatic imine (C=N–C) groups is 1. The normalized spacial score (nSPS) is 9.48. The highest BCUT2D eigenvalue weighted by molar-refractivity contribution is 6.00. The second-order valence-electron chi connectivity index (χ2n) is 8.96. The third kappa shape index (κ3) is 12.4. The van der Waals surface area contributed by atoms with Gasteiger partial charge < -0.3 is 26.6 Å². The van der Waals surface area contributed by atoms with Gasteiger partial charge in [-0.3, -0.25) is 9.59 Å². The molecular weight excluding hydrogens is 536 g/mol. The zero-order chi connectivity index (χ0) is 30.9. The molecule has 10 nitrogen and oxygen atoms in total. The van der Waals surface area contributed by atoms with Crippen molar-refractivity contribution in [3.8, 4) is 0 Å². The van der Waals surface area contributed by atoms with Crippen molar-refractivity contribution >= 4 is 46.8 Å². The summed E-state index contributed by atoms with van der Waals surface area (Å²) in [5.41, 5.74) is 11.5. The summed E-state index contributed by atoms with van der Waals surface area (Å²) in [4.78, 5) is 46.0. The van der Waals surface area contributed by atoms with E-state index in [1.54, 1.807) is 54.6 Å². The van der Waals surface area contributed by atoms with E-state index in [-0.39, 0.29) is 18.9 Å². The number of amides is 2. The minimum atomic E-state index is -0.881. The van der Waals surface area contributed by atoms with Crippen LogP contribution in [0.2, 0.25) is 0 Å². The molecule has 4 aromatic carbocycles. The van der Waals surface area contributed by atoms with E-state index in [0.29, 0.717) is 22.6 Å². The van der Waals surface area contributed by atoms with Crippen LogP contribution in [0.3, 0.4) is 0 Å². The van der Waals surface area contributed by atoms with Gasteiger partial charge in [-0.15, -0.1) is 0 Å². The predicted octanol–water partition coefficient (Wildman–Crippen LogP) is 6.12. The summed E-state index contributed by atoms with van der Waals surface area (Å²) in [5, 5.41) is 22.6. The highest BCUT2D eigenvalue weighted by Crippen LogP contribution is 2.16. The Morgan fingerprint density at radius 1 is 0.714 bits per heavy atom. The molecule has 0 bridgehead atoms. The number of aryl methyl sites for hydroxylation is 2. The number of benzene rings is 4. The van der Waals surface area contributed by atoms with Crippen molar-refractivity contribution in [2.45, 2.75) is 26.7 Å². The number of para-hydroxylation sites is 2. The van der Waals surface area contributed by atoms with E-state index in [4.69, 9.17) is 15.9 Å². The summed E-state index contributed by atoms with van der Waals surface area (Å²) < 4.78 is 0. The second kappa shape index (κ2) is 17.1. The van der Waals surface area contributed by atoms with E-state index >= 15 is 0 Å². The molecule has 0 saturated heterocycles. The van der Waals surface area contributed by atoms with Crippen LogP contribution < -0.4 is 16.4 Å². The number of nitrogen functional groups attached to an aromatic ring is 1. The Morgan fingerprint density at radius 3 is 1.71 bits per heavy atom. The average Bonchev–Trinajstić information content (AvgIpc) is 2.94. The minimum Gasteiger partial charge on any atom is -0.481 e. The molecule has 0 radical (unpaired) electrons. The highest BCUT2D eigenvalue weighted by Gasteiger charge is 2.05. The number of hydrogen-bond acceptors (Lipinski definition) is 6. The van der Waals surface area contributed by atoms with Gasteiger partial charge >= 0.3 is 18.0 Å². The molecule has 0 aliphatic heterocycles. The number of carboxylic acid groups (broad SMARTS) is 2. The van der Waals surface area contributed by atoms with Crippen LogP contribution >= 0.6 is 0 Å². The SMILES string of the molecule is Cc1ccccc1N=C=O.Cc1ccccc1NC(=O)Nc1ccc(CC(=O)O)cc1.Nc1ccc(CC(=O)O)cc1. The van der Waals surface area contributed by atoms with Gasteiger partial charge in [-0.05, 0) is 72.5 Å². The maximum Gasteiger partial charge on any atom is 0.323 e. The molecular formula is C32H32N4O6. The van der Waals surface area contributed by atoms with E-state index in [1.807, 2.05) is 56.3 Å². The van der Waals surface area contributed by atoms with Gasteiger partial charge in [0.1, 0.15) is 0 Å². The van der Waals surface area contributed by atoms with Crippen molar-refractivity contribution in [2.75, 3.05) is 16.4 Å². The monoisotopic (exact) mass is 568 g/mol. The highest BCUT2D eigenvalue weighted by atomic mass is 16.4. The fourth-order valence-electron chi connectivity index (χ4n) is 3.43. The van der Waals surface area contributed by atoms with Crippen molar-refractivity contribution in [2.24, 2.45) is 4.99 Å². The zero-order valence-electron chi connectivity index (χ0n) is 23.2. The molecule has 6 N–H and O–H groups in total. The van der Waals surface area contributed by atoms with Gasteiger partial charge in [-0.2, -0.15) is 4.99 Å². The van der Waals surface area contributed by atoms with Crippen LogP contribution in [0.5, 0.6) is 0 Å². The van der Waals surface area contributed by atoms with E-state index in [2.05, 4.69) is 15.6 Å². The number of urea groups is 1. The smallest absolute Gasteiger partial charge is 0.323 e. The van der Waals surface area contributed by atoms with Gasteiger partial charge in [-0.1, -0.05) is 60.7 Å². The molecule has 216 valence electrons. The van der Waals surface area contributed by atoms with Gasteiger partial charge in [0.15, 0.2) is 0 Å². The number of nitrogens with two attached hydrogens (primary N) is 1. The third-order valence-electron chi connectivity index (χ3n) is 5.58. The molecule has 2 amide bonds. The van der Waals surface area contributed by atoms with E-state index < -0.39 is 11.9 Å². The Labute approximate surface area is 243 Å². The summed E-state index contributed by atoms with van der Waals surface area (Å²) in [6.07, 6.45) is 1.52. The molecule has 0 aliphatic rings. The lowest BCUT2D eigenvalue weighted by molar-refractivity contribution is -0.137. The average molecular weight is 569 g/mol. The summed E-state index contributed by atoms with van der Waals surface area (Å²) in [5.74, 6) is -1.71. The van der Waals surface area contributed by atoms with Crippen LogP contribution in [0.1, 0.15) is 22.3 Å². The number of aliphatic carboxylic acids is 2. The molecule has 42 heavy (non-hydrogen) atoms. The number of anilines is 3. The molecule has 0 unspecified atom stereocenters. The Balaban J connectivity index is 0.000000246. The number of carbonyl (C=O) groups is 3. The van der Waals surface area contributed by atoms with Crippen molar-refractivity contribution in [3.63, 3.8) is 0 Å². The van der Waals surface area contributed by atoms with Crippen molar-refractivity contribution < 1.29 is 29.4 Å². The van der Waals surface area contributed by atoms with Gasteiger partial charge in [0.25, 0.3) is 0 Å². The van der Waals surface area contributed by atoms with Crippen molar-refractivity contribution in [1.82, 2.24) is 0 Å². The number of carbonyl (C=O) groups excluding carboxylic acids is 2. The molecule has 0 atom stereocenters. The van der Waals surface area contributed by atoms with Crippen LogP contribution in [0.4, 0.5) is 27.5 Å². The molecule has 0 spiro atoms.